The van der Waals surface area contributed by atoms with Crippen molar-refractivity contribution >= 4 is 23.5 Å². The topological polar surface area (TPSA) is 81.8 Å². The molecule has 2 aliphatic rings. The third-order valence-corrected chi connectivity index (χ3v) is 4.94. The summed E-state index contributed by atoms with van der Waals surface area (Å²) in [6.07, 6.45) is 1.87. The highest BCUT2D eigenvalue weighted by Gasteiger charge is 2.56. The summed E-state index contributed by atoms with van der Waals surface area (Å²) in [4.78, 5) is 39.7. The molecule has 1 saturated carbocycles. The van der Waals surface area contributed by atoms with Crippen molar-refractivity contribution < 1.29 is 14.4 Å². The van der Waals surface area contributed by atoms with Gasteiger partial charge >= 0.3 is 6.03 Å². The van der Waals surface area contributed by atoms with Gasteiger partial charge in [-0.05, 0) is 43.4 Å². The Morgan fingerprint density at radius 1 is 1.28 bits per heavy atom. The molecular formula is C18H24N4O3. The zero-order chi connectivity index (χ0) is 18.2. The van der Waals surface area contributed by atoms with E-state index in [1.165, 1.54) is 0 Å². The van der Waals surface area contributed by atoms with E-state index < -0.39 is 11.6 Å². The maximum atomic E-state index is 12.5. The minimum atomic E-state index is -0.848. The van der Waals surface area contributed by atoms with Crippen LogP contribution < -0.4 is 15.5 Å². The van der Waals surface area contributed by atoms with Crippen molar-refractivity contribution in [2.45, 2.75) is 31.8 Å². The molecule has 1 aromatic rings. The molecule has 1 aliphatic carbocycles. The zero-order valence-corrected chi connectivity index (χ0v) is 14.8. The van der Waals surface area contributed by atoms with Crippen LogP contribution in [0.5, 0.6) is 0 Å². The lowest BCUT2D eigenvalue weighted by Gasteiger charge is -2.20. The SMILES string of the molecule is CN(C)c1ccc(CNC(=O)CN2C(=O)NC(C)(C3CC3)C2=O)cc1. The van der Waals surface area contributed by atoms with Gasteiger partial charge in [-0.15, -0.1) is 0 Å². The number of carbonyl (C=O) groups is 3. The molecule has 1 aliphatic heterocycles. The van der Waals surface area contributed by atoms with Crippen LogP contribution in [0.4, 0.5) is 10.5 Å². The first-order chi connectivity index (χ1) is 11.8. The van der Waals surface area contributed by atoms with Crippen molar-refractivity contribution in [2.24, 2.45) is 5.92 Å². The second kappa shape index (κ2) is 6.38. The van der Waals surface area contributed by atoms with Crippen molar-refractivity contribution in [3.05, 3.63) is 29.8 Å². The Bertz CT molecular complexity index is 697. The van der Waals surface area contributed by atoms with E-state index in [4.69, 9.17) is 0 Å². The van der Waals surface area contributed by atoms with Gasteiger partial charge < -0.3 is 15.5 Å². The quantitative estimate of drug-likeness (QED) is 0.757. The molecule has 2 fully saturated rings. The Kier molecular flexibility index (Phi) is 4.41. The first-order valence-electron chi connectivity index (χ1n) is 8.48. The van der Waals surface area contributed by atoms with Crippen LogP contribution in [0, 0.1) is 5.92 Å². The number of nitrogens with one attached hydrogen (secondary N) is 2. The highest BCUT2D eigenvalue weighted by Crippen LogP contribution is 2.42. The van der Waals surface area contributed by atoms with Crippen LogP contribution in [0.2, 0.25) is 0 Å². The predicted molar refractivity (Wildman–Crippen MR) is 94.0 cm³/mol. The second-order valence-corrected chi connectivity index (χ2v) is 7.14. The van der Waals surface area contributed by atoms with Crippen LogP contribution in [0.25, 0.3) is 0 Å². The molecule has 2 N–H and O–H groups in total. The Hall–Kier alpha value is -2.57. The van der Waals surface area contributed by atoms with Gasteiger partial charge in [0, 0.05) is 26.3 Å². The van der Waals surface area contributed by atoms with Gasteiger partial charge in [-0.1, -0.05) is 12.1 Å². The number of amides is 4. The summed E-state index contributed by atoms with van der Waals surface area (Å²) < 4.78 is 0. The summed E-state index contributed by atoms with van der Waals surface area (Å²) in [5, 5.41) is 5.50. The molecule has 0 spiro atoms. The van der Waals surface area contributed by atoms with E-state index in [2.05, 4.69) is 10.6 Å². The molecule has 0 bridgehead atoms. The molecule has 0 aromatic heterocycles. The fourth-order valence-electron chi connectivity index (χ4n) is 3.11. The molecule has 1 unspecified atom stereocenters. The summed E-state index contributed by atoms with van der Waals surface area (Å²) in [5.41, 5.74) is 1.19. The van der Waals surface area contributed by atoms with E-state index >= 15 is 0 Å². The standard InChI is InChI=1S/C18H24N4O3/c1-18(13-6-7-13)16(24)22(17(25)20-18)11-15(23)19-10-12-4-8-14(9-5-12)21(2)3/h4-5,8-9,13H,6-7,10-11H2,1-3H3,(H,19,23)(H,20,25). The van der Waals surface area contributed by atoms with E-state index in [-0.39, 0.29) is 24.3 Å². The lowest BCUT2D eigenvalue weighted by molar-refractivity contribution is -0.135. The number of hydrogen-bond donors (Lipinski definition) is 2. The minimum Gasteiger partial charge on any atom is -0.378 e. The molecule has 0 radical (unpaired) electrons. The average Bonchev–Trinajstić information content (AvgIpc) is 3.39. The van der Waals surface area contributed by atoms with E-state index in [1.54, 1.807) is 6.92 Å². The number of carbonyl (C=O) groups excluding carboxylic acids is 3. The van der Waals surface area contributed by atoms with E-state index in [0.717, 1.165) is 29.0 Å². The molecule has 7 nitrogen and oxygen atoms in total. The zero-order valence-electron chi connectivity index (χ0n) is 14.8. The van der Waals surface area contributed by atoms with Gasteiger partial charge in [0.25, 0.3) is 5.91 Å². The molecule has 7 heteroatoms. The van der Waals surface area contributed by atoms with Crippen LogP contribution in [-0.2, 0) is 16.1 Å². The molecule has 134 valence electrons. The largest absolute Gasteiger partial charge is 0.378 e. The maximum Gasteiger partial charge on any atom is 0.325 e. The molecule has 1 atom stereocenters. The predicted octanol–water partition coefficient (Wildman–Crippen LogP) is 1.09. The normalized spacial score (nSPS) is 22.8. The number of benzene rings is 1. The number of urea groups is 1. The minimum absolute atomic E-state index is 0.187. The lowest BCUT2D eigenvalue weighted by Crippen LogP contribution is -2.46. The van der Waals surface area contributed by atoms with Crippen molar-refractivity contribution in [3.63, 3.8) is 0 Å². The number of rotatable bonds is 6. The third-order valence-electron chi connectivity index (χ3n) is 4.94. The van der Waals surface area contributed by atoms with Crippen LogP contribution >= 0.6 is 0 Å². The van der Waals surface area contributed by atoms with Gasteiger partial charge in [0.2, 0.25) is 5.91 Å². The summed E-state index contributed by atoms with van der Waals surface area (Å²) in [5.74, 6) is -0.460. The third kappa shape index (κ3) is 3.45. The van der Waals surface area contributed by atoms with Gasteiger partial charge in [-0.25, -0.2) is 4.79 Å². The molecule has 4 amide bonds. The molecule has 3 rings (SSSR count). The molecule has 1 saturated heterocycles. The van der Waals surface area contributed by atoms with Crippen LogP contribution in [0.1, 0.15) is 25.3 Å². The van der Waals surface area contributed by atoms with Gasteiger partial charge in [0.05, 0.1) is 0 Å². The highest BCUT2D eigenvalue weighted by atomic mass is 16.2. The first-order valence-corrected chi connectivity index (χ1v) is 8.48. The second-order valence-electron chi connectivity index (χ2n) is 7.14. The van der Waals surface area contributed by atoms with Crippen LogP contribution in [0.3, 0.4) is 0 Å². The van der Waals surface area contributed by atoms with E-state index in [0.29, 0.717) is 6.54 Å². The van der Waals surface area contributed by atoms with Crippen molar-refractivity contribution in [2.75, 3.05) is 25.5 Å². The highest BCUT2D eigenvalue weighted by molar-refractivity contribution is 6.09. The fourth-order valence-corrected chi connectivity index (χ4v) is 3.11. The van der Waals surface area contributed by atoms with E-state index in [1.807, 2.05) is 43.3 Å². The van der Waals surface area contributed by atoms with Crippen LogP contribution in [-0.4, -0.2) is 48.9 Å². The van der Waals surface area contributed by atoms with Gasteiger partial charge in [0.15, 0.2) is 0 Å². The summed E-state index contributed by atoms with van der Waals surface area (Å²) in [6, 6.07) is 7.34. The number of hydrogen-bond acceptors (Lipinski definition) is 4. The van der Waals surface area contributed by atoms with Gasteiger partial charge in [0.1, 0.15) is 12.1 Å². The smallest absolute Gasteiger partial charge is 0.325 e. The summed E-state index contributed by atoms with van der Waals surface area (Å²) >= 11 is 0. The van der Waals surface area contributed by atoms with Crippen molar-refractivity contribution in [1.82, 2.24) is 15.5 Å². The maximum absolute atomic E-state index is 12.5. The summed E-state index contributed by atoms with van der Waals surface area (Å²) in [6.45, 7) is 1.86. The van der Waals surface area contributed by atoms with Crippen molar-refractivity contribution in [1.29, 1.82) is 0 Å². The molecule has 1 heterocycles. The fraction of sp³-hybridized carbons (Fsp3) is 0.500. The number of imide groups is 1. The summed E-state index contributed by atoms with van der Waals surface area (Å²) in [7, 11) is 3.93. The average molecular weight is 344 g/mol. The molecule has 25 heavy (non-hydrogen) atoms. The Morgan fingerprint density at radius 2 is 1.92 bits per heavy atom. The Balaban J connectivity index is 1.54. The van der Waals surface area contributed by atoms with Crippen LogP contribution in [0.15, 0.2) is 24.3 Å². The molecule has 1 aromatic carbocycles. The van der Waals surface area contributed by atoms with Gasteiger partial charge in [-0.3, -0.25) is 14.5 Å². The molecular weight excluding hydrogens is 320 g/mol. The lowest BCUT2D eigenvalue weighted by atomic mass is 9.96. The van der Waals surface area contributed by atoms with Crippen molar-refractivity contribution in [3.8, 4) is 0 Å². The Labute approximate surface area is 147 Å². The first kappa shape index (κ1) is 17.3. The van der Waals surface area contributed by atoms with Gasteiger partial charge in [-0.2, -0.15) is 0 Å². The number of nitrogens with zero attached hydrogens (tertiary/aromatic N) is 2. The monoisotopic (exact) mass is 344 g/mol. The van der Waals surface area contributed by atoms with E-state index in [9.17, 15) is 14.4 Å². The Morgan fingerprint density at radius 3 is 2.48 bits per heavy atom. The number of anilines is 1.